The van der Waals surface area contributed by atoms with Gasteiger partial charge in [-0.05, 0) is 25.3 Å². The molecule has 1 aliphatic heterocycles. The Kier molecular flexibility index (Phi) is 5.41. The molecule has 1 N–H and O–H groups in total. The molecule has 3 rings (SSSR count). The molecule has 0 bridgehead atoms. The Morgan fingerprint density at radius 2 is 1.79 bits per heavy atom. The van der Waals surface area contributed by atoms with Crippen LogP contribution < -0.4 is 10.2 Å². The topological polar surface area (TPSA) is 58.1 Å². The maximum absolute atomic E-state index is 12.5. The fourth-order valence-electron chi connectivity index (χ4n) is 3.00. The van der Waals surface area contributed by atoms with Crippen LogP contribution in [0.3, 0.4) is 0 Å². The van der Waals surface area contributed by atoms with Crippen LogP contribution in [-0.4, -0.2) is 29.0 Å². The van der Waals surface area contributed by atoms with Crippen molar-refractivity contribution in [3.8, 4) is 0 Å². The molecule has 0 saturated carbocycles. The SMILES string of the molecule is Cc1nc(C(=O)NCc2ccccc2)cc(N2CCCCCC2)n1. The van der Waals surface area contributed by atoms with Crippen LogP contribution in [0.15, 0.2) is 36.4 Å². The highest BCUT2D eigenvalue weighted by Crippen LogP contribution is 2.18. The number of aryl methyl sites for hydroxylation is 1. The number of nitrogens with one attached hydrogen (secondary N) is 1. The Morgan fingerprint density at radius 3 is 2.50 bits per heavy atom. The predicted octanol–water partition coefficient (Wildman–Crippen LogP) is 3.10. The molecule has 126 valence electrons. The molecule has 2 heterocycles. The van der Waals surface area contributed by atoms with Crippen molar-refractivity contribution in [2.24, 2.45) is 0 Å². The van der Waals surface area contributed by atoms with E-state index >= 15 is 0 Å². The van der Waals surface area contributed by atoms with E-state index in [0.29, 0.717) is 18.1 Å². The van der Waals surface area contributed by atoms with Crippen LogP contribution in [0.5, 0.6) is 0 Å². The molecule has 0 atom stereocenters. The standard InChI is InChI=1S/C19H24N4O/c1-15-21-17(19(24)20-14-16-9-5-4-6-10-16)13-18(22-15)23-11-7-2-3-8-12-23/h4-6,9-10,13H,2-3,7-8,11-12,14H2,1H3,(H,20,24). The average molecular weight is 324 g/mol. The van der Waals surface area contributed by atoms with Gasteiger partial charge in [-0.3, -0.25) is 4.79 Å². The first kappa shape index (κ1) is 16.4. The summed E-state index contributed by atoms with van der Waals surface area (Å²) in [6.45, 7) is 4.35. The van der Waals surface area contributed by atoms with Crippen LogP contribution in [0.25, 0.3) is 0 Å². The highest BCUT2D eigenvalue weighted by atomic mass is 16.1. The van der Waals surface area contributed by atoms with Crippen molar-refractivity contribution in [2.45, 2.75) is 39.2 Å². The van der Waals surface area contributed by atoms with Gasteiger partial charge in [0.25, 0.3) is 5.91 Å². The molecule has 0 aliphatic carbocycles. The Bertz CT molecular complexity index is 679. The number of rotatable bonds is 4. The van der Waals surface area contributed by atoms with Crippen molar-refractivity contribution in [1.82, 2.24) is 15.3 Å². The monoisotopic (exact) mass is 324 g/mol. The van der Waals surface area contributed by atoms with Gasteiger partial charge in [-0.15, -0.1) is 0 Å². The van der Waals surface area contributed by atoms with Crippen molar-refractivity contribution in [1.29, 1.82) is 0 Å². The molecule has 0 spiro atoms. The third kappa shape index (κ3) is 4.31. The zero-order chi connectivity index (χ0) is 16.8. The fraction of sp³-hybridized carbons (Fsp3) is 0.421. The maximum atomic E-state index is 12.5. The number of carbonyl (C=O) groups excluding carboxylic acids is 1. The number of amides is 1. The predicted molar refractivity (Wildman–Crippen MR) is 95.1 cm³/mol. The van der Waals surface area contributed by atoms with Crippen LogP contribution in [0.2, 0.25) is 0 Å². The van der Waals surface area contributed by atoms with Gasteiger partial charge in [-0.2, -0.15) is 0 Å². The van der Waals surface area contributed by atoms with Gasteiger partial charge in [0.05, 0.1) is 0 Å². The van der Waals surface area contributed by atoms with Gasteiger partial charge in [0.2, 0.25) is 0 Å². The summed E-state index contributed by atoms with van der Waals surface area (Å²) >= 11 is 0. The Balaban J connectivity index is 1.71. The smallest absolute Gasteiger partial charge is 0.270 e. The molecule has 5 nitrogen and oxygen atoms in total. The van der Waals surface area contributed by atoms with Gasteiger partial charge in [0, 0.05) is 25.7 Å². The molecule has 1 aromatic heterocycles. The summed E-state index contributed by atoms with van der Waals surface area (Å²) in [4.78, 5) is 23.6. The van der Waals surface area contributed by atoms with Gasteiger partial charge in [-0.1, -0.05) is 43.2 Å². The summed E-state index contributed by atoms with van der Waals surface area (Å²) in [5.74, 6) is 1.36. The zero-order valence-corrected chi connectivity index (χ0v) is 14.2. The summed E-state index contributed by atoms with van der Waals surface area (Å²) in [6, 6.07) is 11.7. The van der Waals surface area contributed by atoms with Crippen molar-refractivity contribution < 1.29 is 4.79 Å². The highest BCUT2D eigenvalue weighted by molar-refractivity contribution is 5.92. The molecule has 1 aromatic carbocycles. The molecule has 0 unspecified atom stereocenters. The second-order valence-corrected chi connectivity index (χ2v) is 6.23. The summed E-state index contributed by atoms with van der Waals surface area (Å²) < 4.78 is 0. The van der Waals surface area contributed by atoms with E-state index in [1.807, 2.05) is 43.3 Å². The Hall–Kier alpha value is -2.43. The normalized spacial score (nSPS) is 15.0. The minimum absolute atomic E-state index is 0.152. The largest absolute Gasteiger partial charge is 0.356 e. The third-order valence-electron chi connectivity index (χ3n) is 4.28. The van der Waals surface area contributed by atoms with E-state index in [4.69, 9.17) is 0 Å². The van der Waals surface area contributed by atoms with Crippen LogP contribution in [0.1, 0.15) is 47.6 Å². The summed E-state index contributed by atoms with van der Waals surface area (Å²) in [5, 5.41) is 2.94. The fourth-order valence-corrected chi connectivity index (χ4v) is 3.00. The first-order valence-electron chi connectivity index (χ1n) is 8.65. The lowest BCUT2D eigenvalue weighted by molar-refractivity contribution is 0.0945. The number of benzene rings is 1. The molecule has 0 radical (unpaired) electrons. The Labute approximate surface area is 143 Å². The summed E-state index contributed by atoms with van der Waals surface area (Å²) in [6.07, 6.45) is 4.90. The number of carbonyl (C=O) groups is 1. The minimum Gasteiger partial charge on any atom is -0.356 e. The lowest BCUT2D eigenvalue weighted by Gasteiger charge is -2.22. The second kappa shape index (κ2) is 7.90. The van der Waals surface area contributed by atoms with E-state index in [-0.39, 0.29) is 5.91 Å². The molecular weight excluding hydrogens is 300 g/mol. The maximum Gasteiger partial charge on any atom is 0.270 e. The molecule has 1 aliphatic rings. The second-order valence-electron chi connectivity index (χ2n) is 6.23. The summed E-state index contributed by atoms with van der Waals surface area (Å²) in [5.41, 5.74) is 1.52. The van der Waals surface area contributed by atoms with Crippen molar-refractivity contribution in [3.05, 3.63) is 53.5 Å². The van der Waals surface area contributed by atoms with E-state index in [1.54, 1.807) is 0 Å². The number of hydrogen-bond donors (Lipinski definition) is 1. The van der Waals surface area contributed by atoms with Crippen LogP contribution in [0, 0.1) is 6.92 Å². The molecular formula is C19H24N4O. The highest BCUT2D eigenvalue weighted by Gasteiger charge is 2.15. The molecule has 5 heteroatoms. The Morgan fingerprint density at radius 1 is 1.08 bits per heavy atom. The molecule has 1 saturated heterocycles. The molecule has 2 aromatic rings. The van der Waals surface area contributed by atoms with Crippen LogP contribution >= 0.6 is 0 Å². The van der Waals surface area contributed by atoms with Gasteiger partial charge in [0.1, 0.15) is 17.3 Å². The van der Waals surface area contributed by atoms with Gasteiger partial charge < -0.3 is 10.2 Å². The zero-order valence-electron chi connectivity index (χ0n) is 14.2. The van der Waals surface area contributed by atoms with E-state index in [9.17, 15) is 4.79 Å². The molecule has 24 heavy (non-hydrogen) atoms. The van der Waals surface area contributed by atoms with Crippen LogP contribution in [-0.2, 0) is 6.54 Å². The van der Waals surface area contributed by atoms with Crippen LogP contribution in [0.4, 0.5) is 5.82 Å². The van der Waals surface area contributed by atoms with Gasteiger partial charge in [-0.25, -0.2) is 9.97 Å². The number of aromatic nitrogens is 2. The molecule has 1 fully saturated rings. The summed E-state index contributed by atoms with van der Waals surface area (Å²) in [7, 11) is 0. The number of hydrogen-bond acceptors (Lipinski definition) is 4. The first-order chi connectivity index (χ1) is 11.7. The molecule has 1 amide bonds. The van der Waals surface area contributed by atoms with E-state index < -0.39 is 0 Å². The minimum atomic E-state index is -0.152. The van der Waals surface area contributed by atoms with Crippen molar-refractivity contribution >= 4 is 11.7 Å². The van der Waals surface area contributed by atoms with Crippen molar-refractivity contribution in [2.75, 3.05) is 18.0 Å². The van der Waals surface area contributed by atoms with Gasteiger partial charge in [0.15, 0.2) is 0 Å². The quantitative estimate of drug-likeness (QED) is 0.939. The van der Waals surface area contributed by atoms with Gasteiger partial charge >= 0.3 is 0 Å². The average Bonchev–Trinajstić information content (AvgIpc) is 2.89. The van der Waals surface area contributed by atoms with E-state index in [2.05, 4.69) is 20.2 Å². The third-order valence-corrected chi connectivity index (χ3v) is 4.28. The van der Waals surface area contributed by atoms with E-state index in [1.165, 1.54) is 25.7 Å². The lowest BCUT2D eigenvalue weighted by Crippen LogP contribution is -2.28. The van der Waals surface area contributed by atoms with E-state index in [0.717, 1.165) is 24.5 Å². The lowest BCUT2D eigenvalue weighted by atomic mass is 10.2. The number of anilines is 1. The number of nitrogens with zero attached hydrogens (tertiary/aromatic N) is 3. The first-order valence-corrected chi connectivity index (χ1v) is 8.65. The van der Waals surface area contributed by atoms with Crippen molar-refractivity contribution in [3.63, 3.8) is 0 Å².